The van der Waals surface area contributed by atoms with Crippen molar-refractivity contribution in [2.45, 2.75) is 52.4 Å². The fourth-order valence-corrected chi connectivity index (χ4v) is 10.9. The van der Waals surface area contributed by atoms with Gasteiger partial charge in [0.05, 0.1) is 0 Å². The second-order valence-corrected chi connectivity index (χ2v) is 19.4. The van der Waals surface area contributed by atoms with Gasteiger partial charge < -0.3 is 9.80 Å². The fourth-order valence-electron chi connectivity index (χ4n) is 10.9. The van der Waals surface area contributed by atoms with Gasteiger partial charge in [-0.05, 0) is 175 Å². The van der Waals surface area contributed by atoms with Crippen LogP contribution in [0.25, 0.3) is 44.5 Å². The molecule has 0 saturated heterocycles. The quantitative estimate of drug-likeness (QED) is 0.154. The Morgan fingerprint density at radius 2 is 0.800 bits per heavy atom. The molecule has 312 valence electrons. The predicted octanol–water partition coefficient (Wildman–Crippen LogP) is 14.5. The van der Waals surface area contributed by atoms with Gasteiger partial charge in [-0.1, -0.05) is 160 Å². The van der Waals surface area contributed by atoms with E-state index in [0.717, 1.165) is 18.5 Å². The normalized spacial score (nSPS) is 13.6. The Balaban J connectivity index is 1.17. The van der Waals surface area contributed by atoms with E-state index in [2.05, 4.69) is 238 Å². The summed E-state index contributed by atoms with van der Waals surface area (Å²) in [5.74, 6) is 0. The number of aryl methyl sites for hydroxylation is 3. The number of benzene rings is 9. The fraction of sp³-hybridized carbons (Fsp3) is 0.129. The monoisotopic (exact) mass is 834 g/mol. The summed E-state index contributed by atoms with van der Waals surface area (Å²) in [4.78, 5) is 5.23. The summed E-state index contributed by atoms with van der Waals surface area (Å²) in [6, 6.07) is 75.4. The van der Waals surface area contributed by atoms with Gasteiger partial charge >= 0.3 is 0 Å². The first-order chi connectivity index (χ1) is 31.7. The van der Waals surface area contributed by atoms with Crippen LogP contribution in [0.4, 0.5) is 34.1 Å². The first-order valence-electron chi connectivity index (χ1n) is 23.3. The van der Waals surface area contributed by atoms with Crippen molar-refractivity contribution in [3.8, 4) is 44.5 Å². The maximum absolute atomic E-state index is 2.62. The third kappa shape index (κ3) is 6.81. The third-order valence-electron chi connectivity index (χ3n) is 14.1. The summed E-state index contributed by atoms with van der Waals surface area (Å²) in [5.41, 5.74) is 26.6. The van der Waals surface area contributed by atoms with E-state index in [1.165, 1.54) is 118 Å². The highest BCUT2D eigenvalue weighted by Gasteiger charge is 2.44. The van der Waals surface area contributed by atoms with Crippen LogP contribution in [-0.4, -0.2) is 6.71 Å². The molecule has 0 amide bonds. The number of fused-ring (bicyclic) bond motifs is 5. The van der Waals surface area contributed by atoms with Crippen LogP contribution in [-0.2, 0) is 18.3 Å². The van der Waals surface area contributed by atoms with Crippen LogP contribution in [0.5, 0.6) is 0 Å². The van der Waals surface area contributed by atoms with Crippen LogP contribution in [0.1, 0.15) is 49.4 Å². The lowest BCUT2D eigenvalue weighted by Crippen LogP contribution is -2.61. The topological polar surface area (TPSA) is 6.48 Å². The minimum atomic E-state index is -0.0395. The molecular weight excluding hydrogens is 784 g/mol. The first-order valence-corrected chi connectivity index (χ1v) is 23.3. The molecule has 0 spiro atoms. The highest BCUT2D eigenvalue weighted by atomic mass is 15.2. The van der Waals surface area contributed by atoms with E-state index in [1.54, 1.807) is 0 Å². The minimum Gasteiger partial charge on any atom is -0.311 e. The van der Waals surface area contributed by atoms with Gasteiger partial charge in [0.1, 0.15) is 0 Å². The molecule has 0 N–H and O–H groups in total. The van der Waals surface area contributed by atoms with E-state index in [4.69, 9.17) is 0 Å². The highest BCUT2D eigenvalue weighted by Crippen LogP contribution is 2.48. The van der Waals surface area contributed by atoms with Crippen molar-refractivity contribution in [1.29, 1.82) is 0 Å². The second kappa shape index (κ2) is 15.4. The zero-order valence-electron chi connectivity index (χ0n) is 37.6. The summed E-state index contributed by atoms with van der Waals surface area (Å²) in [7, 11) is 0. The van der Waals surface area contributed by atoms with Gasteiger partial charge in [-0.3, -0.25) is 0 Å². The molecule has 3 aliphatic rings. The average Bonchev–Trinajstić information content (AvgIpc) is 3.81. The van der Waals surface area contributed by atoms with Gasteiger partial charge in [0.25, 0.3) is 6.71 Å². The maximum atomic E-state index is 2.62. The molecule has 0 atom stereocenters. The average molecular weight is 835 g/mol. The third-order valence-corrected chi connectivity index (χ3v) is 14.1. The minimum absolute atomic E-state index is 0.0395. The molecule has 0 saturated carbocycles. The second-order valence-electron chi connectivity index (χ2n) is 19.4. The SMILES string of the molecule is Cc1cc2c3c(c1)N(c1cc(-c4ccccc4)cc(-c4ccccc4)c1)c1cc4c(cc1B3c1ccc(C(C)(C)C)cc1N2c1cc(-c2ccccc2)cc(-c2ccccc2)c1)CCC4. The summed E-state index contributed by atoms with van der Waals surface area (Å²) in [6.07, 6.45) is 3.44. The molecule has 3 heteroatoms. The number of hydrogen-bond donors (Lipinski definition) is 0. The van der Waals surface area contributed by atoms with Crippen LogP contribution in [0, 0.1) is 6.92 Å². The molecule has 12 rings (SSSR count). The van der Waals surface area contributed by atoms with Crippen LogP contribution in [0.3, 0.4) is 0 Å². The van der Waals surface area contributed by atoms with Crippen molar-refractivity contribution in [3.05, 3.63) is 222 Å². The van der Waals surface area contributed by atoms with Crippen LogP contribution < -0.4 is 26.2 Å². The molecule has 1 aliphatic carbocycles. The Bertz CT molecular complexity index is 3160. The Labute approximate surface area is 384 Å². The number of rotatable bonds is 6. The van der Waals surface area contributed by atoms with Gasteiger partial charge in [-0.2, -0.15) is 0 Å². The maximum Gasteiger partial charge on any atom is 0.252 e. The number of hydrogen-bond acceptors (Lipinski definition) is 2. The molecule has 0 aromatic heterocycles. The summed E-state index contributed by atoms with van der Waals surface area (Å²) in [5, 5.41) is 0. The molecule has 2 aliphatic heterocycles. The van der Waals surface area contributed by atoms with Crippen molar-refractivity contribution in [3.63, 3.8) is 0 Å². The van der Waals surface area contributed by atoms with Crippen molar-refractivity contribution >= 4 is 57.2 Å². The van der Waals surface area contributed by atoms with E-state index in [0.29, 0.717) is 0 Å². The van der Waals surface area contributed by atoms with E-state index < -0.39 is 0 Å². The molecule has 65 heavy (non-hydrogen) atoms. The molecule has 0 fully saturated rings. The Kier molecular flexibility index (Phi) is 9.31. The summed E-state index contributed by atoms with van der Waals surface area (Å²) < 4.78 is 0. The molecule has 2 heterocycles. The highest BCUT2D eigenvalue weighted by molar-refractivity contribution is 7.00. The summed E-state index contributed by atoms with van der Waals surface area (Å²) >= 11 is 0. The molecule has 9 aromatic rings. The van der Waals surface area contributed by atoms with E-state index >= 15 is 0 Å². The van der Waals surface area contributed by atoms with Crippen molar-refractivity contribution in [2.24, 2.45) is 0 Å². The molecule has 0 bridgehead atoms. The Morgan fingerprint density at radius 1 is 0.385 bits per heavy atom. The molecule has 9 aromatic carbocycles. The molecular formula is C62H51BN2. The van der Waals surface area contributed by atoms with E-state index in [1.807, 2.05) is 0 Å². The smallest absolute Gasteiger partial charge is 0.252 e. The van der Waals surface area contributed by atoms with Gasteiger partial charge in [0.15, 0.2) is 0 Å². The predicted molar refractivity (Wildman–Crippen MR) is 278 cm³/mol. The Morgan fingerprint density at radius 3 is 1.23 bits per heavy atom. The molecule has 2 nitrogen and oxygen atoms in total. The van der Waals surface area contributed by atoms with Crippen LogP contribution >= 0.6 is 0 Å². The van der Waals surface area contributed by atoms with E-state index in [9.17, 15) is 0 Å². The number of nitrogens with zero attached hydrogens (tertiary/aromatic N) is 2. The lowest BCUT2D eigenvalue weighted by Gasteiger charge is -2.45. The molecule has 0 radical (unpaired) electrons. The van der Waals surface area contributed by atoms with Gasteiger partial charge in [-0.15, -0.1) is 0 Å². The van der Waals surface area contributed by atoms with Crippen LogP contribution in [0.15, 0.2) is 200 Å². The van der Waals surface area contributed by atoms with Gasteiger partial charge in [-0.25, -0.2) is 0 Å². The van der Waals surface area contributed by atoms with Crippen LogP contribution in [0.2, 0.25) is 0 Å². The zero-order chi connectivity index (χ0) is 43.8. The van der Waals surface area contributed by atoms with Crippen molar-refractivity contribution < 1.29 is 0 Å². The zero-order valence-corrected chi connectivity index (χ0v) is 37.6. The van der Waals surface area contributed by atoms with Crippen molar-refractivity contribution in [2.75, 3.05) is 9.80 Å². The lowest BCUT2D eigenvalue weighted by molar-refractivity contribution is 0.590. The number of anilines is 6. The van der Waals surface area contributed by atoms with Crippen molar-refractivity contribution in [1.82, 2.24) is 0 Å². The molecule has 0 unspecified atom stereocenters. The first kappa shape index (κ1) is 39.3. The van der Waals surface area contributed by atoms with E-state index in [-0.39, 0.29) is 12.1 Å². The summed E-state index contributed by atoms with van der Waals surface area (Å²) in [6.45, 7) is 9.35. The van der Waals surface area contributed by atoms with Gasteiger partial charge in [0, 0.05) is 34.1 Å². The largest absolute Gasteiger partial charge is 0.311 e. The van der Waals surface area contributed by atoms with Gasteiger partial charge in [0.2, 0.25) is 0 Å². The Hall–Kier alpha value is -7.36. The lowest BCUT2D eigenvalue weighted by atomic mass is 9.33. The standard InChI is InChI=1S/C62H51BN2/c1-41-30-59-61-60(31-41)65(54-36-50(44-22-13-7-14-23-44)33-51(37-54)45-24-15-8-16-25-45)58-40-52(62(2,3)4)28-29-55(58)63(61)56-38-46-26-17-27-47(46)39-57(56)64(59)53-34-48(42-18-9-5-10-19-42)32-49(35-53)43-20-11-6-12-21-43/h5-16,18-25,28-40H,17,26-27H2,1-4H3.